The summed E-state index contributed by atoms with van der Waals surface area (Å²) in [7, 11) is 0. The van der Waals surface area contributed by atoms with Crippen LogP contribution in [0.1, 0.15) is 69.7 Å². The Morgan fingerprint density at radius 3 is 2.64 bits per heavy atom. The normalized spacial score (nSPS) is 16.1. The van der Waals surface area contributed by atoms with E-state index in [1.165, 1.54) is 17.7 Å². The lowest BCUT2D eigenvalue weighted by atomic mass is 9.81. The second-order valence-electron chi connectivity index (χ2n) is 7.87. The number of hydrogen-bond donors (Lipinski definition) is 3. The summed E-state index contributed by atoms with van der Waals surface area (Å²) < 4.78 is 0. The van der Waals surface area contributed by atoms with Gasteiger partial charge in [0.15, 0.2) is 0 Å². The maximum absolute atomic E-state index is 12.8. The average molecular weight is 402 g/mol. The minimum atomic E-state index is -0.127. The molecule has 1 atom stereocenters. The molecule has 1 unspecified atom stereocenters. The number of nitrogens with one attached hydrogen (secondary N) is 3. The highest BCUT2D eigenvalue weighted by Gasteiger charge is 2.27. The molecule has 1 saturated heterocycles. The first kappa shape index (κ1) is 20.8. The second kappa shape index (κ2) is 9.05. The summed E-state index contributed by atoms with van der Waals surface area (Å²) in [5.41, 5.74) is 4.07. The maximum atomic E-state index is 12.8. The smallest absolute Gasteiger partial charge is 0.253 e. The van der Waals surface area contributed by atoms with Gasteiger partial charge in [-0.05, 0) is 82.2 Å². The fourth-order valence-electron chi connectivity index (χ4n) is 4.37. The van der Waals surface area contributed by atoms with Crippen molar-refractivity contribution in [3.05, 3.63) is 54.6 Å². The first-order valence-electron chi connectivity index (χ1n) is 10.2. The number of aromatic amines is 1. The van der Waals surface area contributed by atoms with Crippen molar-refractivity contribution in [1.29, 1.82) is 0 Å². The van der Waals surface area contributed by atoms with Gasteiger partial charge in [-0.1, -0.05) is 6.92 Å². The molecule has 0 aliphatic carbocycles. The monoisotopic (exact) mass is 401 g/mol. The van der Waals surface area contributed by atoms with E-state index in [1.54, 1.807) is 11.3 Å². The highest BCUT2D eigenvalue weighted by Crippen LogP contribution is 2.39. The van der Waals surface area contributed by atoms with Crippen molar-refractivity contribution in [2.24, 2.45) is 5.92 Å². The lowest BCUT2D eigenvalue weighted by molar-refractivity contribution is 0.0950. The zero-order chi connectivity index (χ0) is 20.3. The number of thiophene rings is 1. The van der Waals surface area contributed by atoms with Crippen LogP contribution in [0.2, 0.25) is 0 Å². The van der Waals surface area contributed by atoms with Gasteiger partial charge in [-0.2, -0.15) is 0 Å². The summed E-state index contributed by atoms with van der Waals surface area (Å²) in [5.74, 6) is 1.11. The van der Waals surface area contributed by atoms with Crippen LogP contribution in [0.5, 0.6) is 0 Å². The van der Waals surface area contributed by atoms with Gasteiger partial charge in [0.25, 0.3) is 11.5 Å². The minimum absolute atomic E-state index is 0.0976. The Morgan fingerprint density at radius 2 is 2.00 bits per heavy atom. The van der Waals surface area contributed by atoms with Crippen LogP contribution in [0, 0.1) is 26.7 Å². The quantitative estimate of drug-likeness (QED) is 0.689. The van der Waals surface area contributed by atoms with Gasteiger partial charge in [-0.25, -0.2) is 0 Å². The standard InChI is InChI=1S/C22H31N3O2S/c1-5-17(16-6-8-23-9-7-16)20-15(4)19(12-28-20)21(26)24-11-18-13(2)10-14(3)25-22(18)27/h10,12,16-17,23H,5-9,11H2,1-4H3,(H,24,26)(H,25,27). The predicted octanol–water partition coefficient (Wildman–Crippen LogP) is 3.78. The van der Waals surface area contributed by atoms with E-state index in [-0.39, 0.29) is 18.0 Å². The van der Waals surface area contributed by atoms with Crippen LogP contribution < -0.4 is 16.2 Å². The van der Waals surface area contributed by atoms with Gasteiger partial charge in [-0.3, -0.25) is 9.59 Å². The number of piperidine rings is 1. The fourth-order valence-corrected chi connectivity index (χ4v) is 5.72. The molecule has 2 aromatic heterocycles. The van der Waals surface area contributed by atoms with Crippen LogP contribution in [-0.2, 0) is 6.54 Å². The Bertz CT molecular complexity index is 894. The first-order chi connectivity index (χ1) is 13.4. The van der Waals surface area contributed by atoms with Crippen LogP contribution in [0.15, 0.2) is 16.2 Å². The first-order valence-corrected chi connectivity index (χ1v) is 11.1. The van der Waals surface area contributed by atoms with Crippen LogP contribution in [0.4, 0.5) is 0 Å². The van der Waals surface area contributed by atoms with Crippen molar-refractivity contribution < 1.29 is 4.79 Å². The molecule has 3 heterocycles. The zero-order valence-corrected chi connectivity index (χ0v) is 18.1. The molecule has 1 fully saturated rings. The highest BCUT2D eigenvalue weighted by molar-refractivity contribution is 7.10. The molecule has 152 valence electrons. The molecule has 5 nitrogen and oxygen atoms in total. The number of H-pyrrole nitrogens is 1. The Kier molecular flexibility index (Phi) is 6.73. The summed E-state index contributed by atoms with van der Waals surface area (Å²) in [6.07, 6.45) is 3.50. The summed E-state index contributed by atoms with van der Waals surface area (Å²) >= 11 is 1.71. The van der Waals surface area contributed by atoms with Gasteiger partial charge in [0.05, 0.1) is 5.56 Å². The van der Waals surface area contributed by atoms with E-state index in [0.717, 1.165) is 41.9 Å². The Morgan fingerprint density at radius 1 is 1.29 bits per heavy atom. The van der Waals surface area contributed by atoms with E-state index in [2.05, 4.69) is 29.5 Å². The van der Waals surface area contributed by atoms with Crippen LogP contribution in [0.3, 0.4) is 0 Å². The Hall–Kier alpha value is -1.92. The van der Waals surface area contributed by atoms with E-state index in [0.29, 0.717) is 17.4 Å². The summed E-state index contributed by atoms with van der Waals surface area (Å²) in [6.45, 7) is 10.5. The highest BCUT2D eigenvalue weighted by atomic mass is 32.1. The van der Waals surface area contributed by atoms with E-state index < -0.39 is 0 Å². The third-order valence-electron chi connectivity index (χ3n) is 5.97. The van der Waals surface area contributed by atoms with Gasteiger partial charge in [0.2, 0.25) is 0 Å². The lowest BCUT2D eigenvalue weighted by Gasteiger charge is -2.30. The number of carbonyl (C=O) groups excluding carboxylic acids is 1. The topological polar surface area (TPSA) is 74.0 Å². The van der Waals surface area contributed by atoms with Gasteiger partial charge in [0, 0.05) is 28.1 Å². The number of amides is 1. The van der Waals surface area contributed by atoms with Gasteiger partial charge >= 0.3 is 0 Å². The number of aromatic nitrogens is 1. The van der Waals surface area contributed by atoms with E-state index in [9.17, 15) is 9.59 Å². The molecule has 0 aromatic carbocycles. The summed E-state index contributed by atoms with van der Waals surface area (Å²) in [4.78, 5) is 29.1. The number of aryl methyl sites for hydroxylation is 2. The van der Waals surface area contributed by atoms with E-state index in [1.807, 2.05) is 25.3 Å². The van der Waals surface area contributed by atoms with Crippen molar-refractivity contribution in [3.8, 4) is 0 Å². The van der Waals surface area contributed by atoms with Crippen LogP contribution in [0.25, 0.3) is 0 Å². The second-order valence-corrected chi connectivity index (χ2v) is 8.78. The largest absolute Gasteiger partial charge is 0.348 e. The molecule has 1 amide bonds. The molecule has 6 heteroatoms. The number of rotatable bonds is 6. The molecular weight excluding hydrogens is 370 g/mol. The van der Waals surface area contributed by atoms with Crippen molar-refractivity contribution in [2.45, 2.75) is 59.4 Å². The molecule has 3 N–H and O–H groups in total. The third kappa shape index (κ3) is 4.39. The molecule has 2 aromatic rings. The maximum Gasteiger partial charge on any atom is 0.253 e. The van der Waals surface area contributed by atoms with Crippen molar-refractivity contribution in [3.63, 3.8) is 0 Å². The number of pyridine rings is 1. The van der Waals surface area contributed by atoms with E-state index >= 15 is 0 Å². The summed E-state index contributed by atoms with van der Waals surface area (Å²) in [5, 5.41) is 8.37. The number of hydrogen-bond acceptors (Lipinski definition) is 4. The molecular formula is C22H31N3O2S. The van der Waals surface area contributed by atoms with Crippen LogP contribution >= 0.6 is 11.3 Å². The van der Waals surface area contributed by atoms with Crippen molar-refractivity contribution in [1.82, 2.24) is 15.6 Å². The van der Waals surface area contributed by atoms with Gasteiger partial charge in [0.1, 0.15) is 0 Å². The molecule has 0 saturated carbocycles. The Labute approximate surface area is 171 Å². The van der Waals surface area contributed by atoms with Gasteiger partial charge < -0.3 is 15.6 Å². The van der Waals surface area contributed by atoms with E-state index in [4.69, 9.17) is 0 Å². The molecule has 0 spiro atoms. The lowest BCUT2D eigenvalue weighted by Crippen LogP contribution is -2.31. The molecule has 1 aliphatic rings. The number of carbonyl (C=O) groups is 1. The average Bonchev–Trinajstić information content (AvgIpc) is 3.04. The van der Waals surface area contributed by atoms with Crippen molar-refractivity contribution >= 4 is 17.2 Å². The SMILES string of the molecule is CCC(c1scc(C(=O)NCc2c(C)cc(C)[nH]c2=O)c1C)C1CCNCC1. The molecule has 1 aliphatic heterocycles. The van der Waals surface area contributed by atoms with Crippen molar-refractivity contribution in [2.75, 3.05) is 13.1 Å². The molecule has 28 heavy (non-hydrogen) atoms. The molecule has 0 bridgehead atoms. The fraction of sp³-hybridized carbons (Fsp3) is 0.545. The Balaban J connectivity index is 1.74. The zero-order valence-electron chi connectivity index (χ0n) is 17.3. The molecule has 3 rings (SSSR count). The third-order valence-corrected chi connectivity index (χ3v) is 7.19. The predicted molar refractivity (Wildman–Crippen MR) is 115 cm³/mol. The van der Waals surface area contributed by atoms with Crippen LogP contribution in [-0.4, -0.2) is 24.0 Å². The summed E-state index contributed by atoms with van der Waals surface area (Å²) in [6, 6.07) is 1.93. The minimum Gasteiger partial charge on any atom is -0.348 e. The van der Waals surface area contributed by atoms with Gasteiger partial charge in [-0.15, -0.1) is 11.3 Å². The molecule has 0 radical (unpaired) electrons.